The first-order chi connectivity index (χ1) is 29.8. The van der Waals surface area contributed by atoms with Gasteiger partial charge in [-0.15, -0.1) is 10.2 Å². The van der Waals surface area contributed by atoms with E-state index < -0.39 is 29.5 Å². The third-order valence-corrected chi connectivity index (χ3v) is 11.5. The Morgan fingerprint density at radius 2 is 1.14 bits per heavy atom. The topological polar surface area (TPSA) is 124 Å². The van der Waals surface area contributed by atoms with Gasteiger partial charge in [0, 0.05) is 39.0 Å². The number of aromatic nitrogens is 4. The van der Waals surface area contributed by atoms with Crippen molar-refractivity contribution in [2.45, 2.75) is 91.0 Å². The molecular formula is C46H49BrF6N6O4. The molecule has 4 heterocycles. The van der Waals surface area contributed by atoms with E-state index in [1.54, 1.807) is 12.1 Å². The van der Waals surface area contributed by atoms with E-state index in [1.165, 1.54) is 26.0 Å². The number of hydrogen-bond donors (Lipinski definition) is 3. The fourth-order valence-electron chi connectivity index (χ4n) is 7.56. The number of hydrogen-bond acceptors (Lipinski definition) is 10. The van der Waals surface area contributed by atoms with Crippen LogP contribution in [-0.4, -0.2) is 64.1 Å². The van der Waals surface area contributed by atoms with Crippen LogP contribution in [0.3, 0.4) is 0 Å². The minimum Gasteiger partial charge on any atom is -0.488 e. The minimum atomic E-state index is -4.40. The standard InChI is InChI=1S/C23H24F3N3O2.C19H17BrF3N3.C4H8O2/c1-13-18(5-4-6-21(13)23(24,25)26)14(2)27-22-20-11-16(31-17-9-10-30-12-17)7-8-19(20)15(3)28-29-22;1-10-14(5-4-6-17(10)19(21,22)23)11(2)24-18-16-9-13(20)7-8-15(16)12(3)25-26-18;5-4-1-2-6-3-4/h4-8,11,14,17H,9-10,12H2,1-3H3,(H,27,29);4-9,11H,1-3H3,(H,24,26);4-5H,1-3H2/t14-,17+;11-;4-/m110/s1. The number of benzene rings is 4. The quantitative estimate of drug-likeness (QED) is 0.127. The largest absolute Gasteiger partial charge is 0.488 e. The number of nitrogens with zero attached hydrogens (tertiary/aromatic N) is 4. The zero-order chi connectivity index (χ0) is 45.6. The van der Waals surface area contributed by atoms with Crippen molar-refractivity contribution in [2.24, 2.45) is 0 Å². The number of fused-ring (bicyclic) bond motifs is 2. The number of ether oxygens (including phenoxy) is 3. The second kappa shape index (κ2) is 20.2. The van der Waals surface area contributed by atoms with Gasteiger partial charge in [0.05, 0.1) is 60.5 Å². The first-order valence-corrected chi connectivity index (χ1v) is 21.2. The van der Waals surface area contributed by atoms with Gasteiger partial charge in [0.1, 0.15) is 11.9 Å². The van der Waals surface area contributed by atoms with Crippen LogP contribution in [0, 0.1) is 27.7 Å². The van der Waals surface area contributed by atoms with Crippen LogP contribution < -0.4 is 15.4 Å². The Labute approximate surface area is 369 Å². The van der Waals surface area contributed by atoms with Crippen LogP contribution in [0.25, 0.3) is 21.5 Å². The van der Waals surface area contributed by atoms with Gasteiger partial charge in [-0.25, -0.2) is 0 Å². The van der Waals surface area contributed by atoms with E-state index >= 15 is 0 Å². The number of rotatable bonds is 8. The molecule has 2 aliphatic heterocycles. The van der Waals surface area contributed by atoms with Gasteiger partial charge in [0.15, 0.2) is 11.6 Å². The van der Waals surface area contributed by atoms with Crippen LogP contribution in [0.4, 0.5) is 38.0 Å². The predicted molar refractivity (Wildman–Crippen MR) is 234 cm³/mol. The summed E-state index contributed by atoms with van der Waals surface area (Å²) in [6.45, 7) is 12.9. The molecule has 8 rings (SSSR count). The molecule has 0 spiro atoms. The second-order valence-electron chi connectivity index (χ2n) is 15.6. The fraction of sp³-hybridized carbons (Fsp3) is 0.391. The summed E-state index contributed by atoms with van der Waals surface area (Å²) in [6.07, 6.45) is -7.28. The molecule has 6 aromatic rings. The van der Waals surface area contributed by atoms with Crippen LogP contribution in [0.1, 0.15) is 83.5 Å². The lowest BCUT2D eigenvalue weighted by molar-refractivity contribution is -0.138. The van der Waals surface area contributed by atoms with Gasteiger partial charge in [-0.1, -0.05) is 46.3 Å². The summed E-state index contributed by atoms with van der Waals surface area (Å²) in [5.41, 5.74) is 1.85. The smallest absolute Gasteiger partial charge is 0.416 e. The molecule has 2 aliphatic rings. The first kappa shape index (κ1) is 47.4. The van der Waals surface area contributed by atoms with E-state index in [0.717, 1.165) is 69.0 Å². The van der Waals surface area contributed by atoms with Crippen LogP contribution >= 0.6 is 15.9 Å². The van der Waals surface area contributed by atoms with Crippen molar-refractivity contribution in [2.75, 3.05) is 37.1 Å². The maximum absolute atomic E-state index is 13.3. The third-order valence-electron chi connectivity index (χ3n) is 11.0. The molecule has 2 fully saturated rings. The molecule has 4 aromatic carbocycles. The van der Waals surface area contributed by atoms with Gasteiger partial charge >= 0.3 is 12.4 Å². The average Bonchev–Trinajstić information content (AvgIpc) is 3.94. The van der Waals surface area contributed by atoms with E-state index in [-0.39, 0.29) is 29.4 Å². The van der Waals surface area contributed by atoms with Crippen molar-refractivity contribution < 1.29 is 45.7 Å². The van der Waals surface area contributed by atoms with Crippen LogP contribution in [0.15, 0.2) is 77.3 Å². The number of alkyl halides is 6. The fourth-order valence-corrected chi connectivity index (χ4v) is 7.92. The van der Waals surface area contributed by atoms with Crippen LogP contribution in [0.2, 0.25) is 0 Å². The monoisotopic (exact) mass is 942 g/mol. The lowest BCUT2D eigenvalue weighted by atomic mass is 9.97. The Morgan fingerprint density at radius 1 is 0.651 bits per heavy atom. The van der Waals surface area contributed by atoms with Crippen molar-refractivity contribution in [1.82, 2.24) is 20.4 Å². The molecule has 4 atom stereocenters. The summed E-state index contributed by atoms with van der Waals surface area (Å²) < 4.78 is 96.5. The first-order valence-electron chi connectivity index (χ1n) is 20.4. The molecule has 3 N–H and O–H groups in total. The van der Waals surface area contributed by atoms with Gasteiger partial charge in [-0.05, 0) is 113 Å². The number of anilines is 2. The molecule has 17 heteroatoms. The lowest BCUT2D eigenvalue weighted by Crippen LogP contribution is -2.16. The molecule has 0 unspecified atom stereocenters. The molecule has 63 heavy (non-hydrogen) atoms. The van der Waals surface area contributed by atoms with Gasteiger partial charge in [-0.3, -0.25) is 0 Å². The number of aliphatic hydroxyl groups is 1. The number of halogens is 7. The van der Waals surface area contributed by atoms with Crippen LogP contribution in [0.5, 0.6) is 5.75 Å². The van der Waals surface area contributed by atoms with Gasteiger partial charge in [0.25, 0.3) is 0 Å². The van der Waals surface area contributed by atoms with Crippen molar-refractivity contribution in [3.63, 3.8) is 0 Å². The summed E-state index contributed by atoms with van der Waals surface area (Å²) in [4.78, 5) is 0. The van der Waals surface area contributed by atoms with E-state index in [1.807, 2.05) is 64.1 Å². The normalized spacial score (nSPS) is 17.4. The summed E-state index contributed by atoms with van der Waals surface area (Å²) >= 11 is 3.44. The van der Waals surface area contributed by atoms with E-state index in [2.05, 4.69) is 47.0 Å². The highest BCUT2D eigenvalue weighted by molar-refractivity contribution is 9.10. The third kappa shape index (κ3) is 11.7. The second-order valence-corrected chi connectivity index (χ2v) is 16.5. The maximum Gasteiger partial charge on any atom is 0.416 e. The molecule has 0 aliphatic carbocycles. The highest BCUT2D eigenvalue weighted by atomic mass is 79.9. The van der Waals surface area contributed by atoms with Crippen molar-refractivity contribution in [1.29, 1.82) is 0 Å². The average molecular weight is 944 g/mol. The number of aliphatic hydroxyl groups excluding tert-OH is 1. The van der Waals surface area contributed by atoms with E-state index in [4.69, 9.17) is 19.3 Å². The van der Waals surface area contributed by atoms with Crippen LogP contribution in [-0.2, 0) is 21.8 Å². The predicted octanol–water partition coefficient (Wildman–Crippen LogP) is 11.6. The molecular weight excluding hydrogens is 894 g/mol. The molecule has 0 amide bonds. The Balaban J connectivity index is 0.000000187. The Bertz CT molecular complexity index is 2530. The maximum atomic E-state index is 13.3. The SMILES string of the molecule is Cc1c([C@@H](C)Nc2nnc(C)c3ccc(Br)cc23)cccc1C(F)(F)F.Cc1c([C@@H](C)Nc2nnc(C)c3ccc(O[C@H]4CCOC4)cc23)cccc1C(F)(F)F.O[C@H]1CCOC1. The summed E-state index contributed by atoms with van der Waals surface area (Å²) in [5, 5.41) is 35.4. The van der Waals surface area contributed by atoms with E-state index in [9.17, 15) is 26.3 Å². The number of aryl methyl sites for hydroxylation is 2. The zero-order valence-electron chi connectivity index (χ0n) is 35.6. The molecule has 2 aromatic heterocycles. The summed E-state index contributed by atoms with van der Waals surface area (Å²) in [6, 6.07) is 19.2. The van der Waals surface area contributed by atoms with Crippen molar-refractivity contribution in [3.05, 3.63) is 122 Å². The highest BCUT2D eigenvalue weighted by Crippen LogP contribution is 2.38. The molecule has 10 nitrogen and oxygen atoms in total. The Kier molecular flexibility index (Phi) is 15.2. The molecule has 2 saturated heterocycles. The minimum absolute atomic E-state index is 0.0106. The lowest BCUT2D eigenvalue weighted by Gasteiger charge is -2.21. The molecule has 0 radical (unpaired) electrons. The summed E-state index contributed by atoms with van der Waals surface area (Å²) in [7, 11) is 0. The molecule has 0 saturated carbocycles. The summed E-state index contributed by atoms with van der Waals surface area (Å²) in [5.74, 6) is 1.73. The molecule has 0 bridgehead atoms. The zero-order valence-corrected chi connectivity index (χ0v) is 37.2. The Hall–Kier alpha value is -5.10. The van der Waals surface area contributed by atoms with Gasteiger partial charge in [-0.2, -0.15) is 36.5 Å². The Morgan fingerprint density at radius 3 is 1.59 bits per heavy atom. The van der Waals surface area contributed by atoms with Crippen molar-refractivity contribution in [3.8, 4) is 5.75 Å². The number of nitrogens with one attached hydrogen (secondary N) is 2. The van der Waals surface area contributed by atoms with Gasteiger partial charge in [0.2, 0.25) is 0 Å². The molecule has 336 valence electrons. The van der Waals surface area contributed by atoms with Gasteiger partial charge < -0.3 is 30.0 Å². The highest BCUT2D eigenvalue weighted by Gasteiger charge is 2.34. The van der Waals surface area contributed by atoms with Crippen molar-refractivity contribution >= 4 is 49.1 Å². The van der Waals surface area contributed by atoms with E-state index in [0.29, 0.717) is 48.3 Å².